The Balaban J connectivity index is 2.34. The van der Waals surface area contributed by atoms with E-state index in [1.54, 1.807) is 32.0 Å². The molecule has 0 aliphatic rings. The van der Waals surface area contributed by atoms with Crippen LogP contribution in [0.15, 0.2) is 18.2 Å². The molecule has 0 heterocycles. The first-order valence-corrected chi connectivity index (χ1v) is 8.05. The molecular weight excluding hydrogens is 352 g/mol. The van der Waals surface area contributed by atoms with Crippen LogP contribution in [-0.4, -0.2) is 22.8 Å². The van der Waals surface area contributed by atoms with Crippen LogP contribution >= 0.6 is 23.8 Å². The number of hydrogen-bond donors (Lipinski definition) is 4. The number of anilines is 1. The Morgan fingerprint density at radius 1 is 1.08 bits per heavy atom. The number of carbonyl (C=O) groups excluding carboxylic acids is 3. The minimum absolute atomic E-state index is 0.00537. The van der Waals surface area contributed by atoms with Gasteiger partial charge in [0, 0.05) is 30.0 Å². The molecule has 0 saturated heterocycles. The maximum atomic E-state index is 11.9. The Morgan fingerprint density at radius 3 is 2.42 bits per heavy atom. The molecule has 0 spiro atoms. The number of halogens is 1. The molecule has 0 aliphatic carbocycles. The van der Waals surface area contributed by atoms with E-state index in [-0.39, 0.29) is 36.2 Å². The van der Waals surface area contributed by atoms with Crippen molar-refractivity contribution in [3.8, 4) is 0 Å². The van der Waals surface area contributed by atoms with Gasteiger partial charge in [-0.3, -0.25) is 25.2 Å². The zero-order valence-corrected chi connectivity index (χ0v) is 14.9. The monoisotopic (exact) mass is 370 g/mol. The highest BCUT2D eigenvalue weighted by Crippen LogP contribution is 2.22. The van der Waals surface area contributed by atoms with E-state index in [0.29, 0.717) is 10.7 Å². The summed E-state index contributed by atoms with van der Waals surface area (Å²) < 4.78 is 0. The summed E-state index contributed by atoms with van der Waals surface area (Å²) in [5.41, 5.74) is 6.06. The molecule has 1 aromatic rings. The predicted octanol–water partition coefficient (Wildman–Crippen LogP) is 1.80. The lowest BCUT2D eigenvalue weighted by Gasteiger charge is -2.11. The molecule has 1 aromatic carbocycles. The van der Waals surface area contributed by atoms with Crippen molar-refractivity contribution in [1.82, 2.24) is 16.2 Å². The fourth-order valence-electron chi connectivity index (χ4n) is 1.62. The van der Waals surface area contributed by atoms with Gasteiger partial charge >= 0.3 is 0 Å². The largest absolute Gasteiger partial charge is 0.326 e. The van der Waals surface area contributed by atoms with E-state index in [9.17, 15) is 14.4 Å². The molecule has 0 unspecified atom stereocenters. The molecule has 0 saturated carbocycles. The fraction of sp³-hybridized carbons (Fsp3) is 0.333. The van der Waals surface area contributed by atoms with Crippen LogP contribution in [0.2, 0.25) is 5.02 Å². The van der Waals surface area contributed by atoms with E-state index >= 15 is 0 Å². The van der Waals surface area contributed by atoms with E-state index in [0.717, 1.165) is 5.56 Å². The summed E-state index contributed by atoms with van der Waals surface area (Å²) in [5.74, 6) is -1.00. The Bertz CT molecular complexity index is 652. The SMILES string of the molecule is CCC(=O)NC(=S)NNC(=O)CCC(=O)Nc1cccc(Cl)c1C. The van der Waals surface area contributed by atoms with Crippen LogP contribution in [0.3, 0.4) is 0 Å². The Labute approximate surface area is 150 Å². The second-order valence-corrected chi connectivity index (χ2v) is 5.68. The van der Waals surface area contributed by atoms with Gasteiger partial charge in [0.25, 0.3) is 0 Å². The van der Waals surface area contributed by atoms with Crippen LogP contribution in [0.25, 0.3) is 0 Å². The lowest BCUT2D eigenvalue weighted by molar-refractivity contribution is -0.124. The molecule has 0 aromatic heterocycles. The number of hydrogen-bond acceptors (Lipinski definition) is 4. The highest BCUT2D eigenvalue weighted by molar-refractivity contribution is 7.80. The minimum Gasteiger partial charge on any atom is -0.326 e. The van der Waals surface area contributed by atoms with E-state index < -0.39 is 5.91 Å². The van der Waals surface area contributed by atoms with Crippen molar-refractivity contribution in [2.24, 2.45) is 0 Å². The zero-order valence-electron chi connectivity index (χ0n) is 13.4. The first kappa shape index (κ1) is 19.9. The van der Waals surface area contributed by atoms with Crippen molar-refractivity contribution in [2.75, 3.05) is 5.32 Å². The van der Waals surface area contributed by atoms with E-state index in [1.807, 2.05) is 0 Å². The molecule has 0 bridgehead atoms. The lowest BCUT2D eigenvalue weighted by atomic mass is 10.2. The highest BCUT2D eigenvalue weighted by Gasteiger charge is 2.10. The Kier molecular flexibility index (Phi) is 8.14. The summed E-state index contributed by atoms with van der Waals surface area (Å²) in [7, 11) is 0. The van der Waals surface area contributed by atoms with Gasteiger partial charge in [0.05, 0.1) is 0 Å². The molecule has 0 radical (unpaired) electrons. The van der Waals surface area contributed by atoms with Gasteiger partial charge < -0.3 is 10.6 Å². The van der Waals surface area contributed by atoms with Gasteiger partial charge in [-0.1, -0.05) is 24.6 Å². The molecular formula is C15H19ClN4O3S. The second-order valence-electron chi connectivity index (χ2n) is 4.86. The van der Waals surface area contributed by atoms with Gasteiger partial charge in [-0.2, -0.15) is 0 Å². The maximum Gasteiger partial charge on any atom is 0.238 e. The average molecular weight is 371 g/mol. The number of nitrogens with one attached hydrogen (secondary N) is 4. The Morgan fingerprint density at radius 2 is 1.75 bits per heavy atom. The van der Waals surface area contributed by atoms with Gasteiger partial charge in [0.2, 0.25) is 17.7 Å². The summed E-state index contributed by atoms with van der Waals surface area (Å²) in [5, 5.41) is 5.62. The van der Waals surface area contributed by atoms with Gasteiger partial charge in [-0.15, -0.1) is 0 Å². The summed E-state index contributed by atoms with van der Waals surface area (Å²) in [6.07, 6.45) is 0.231. The third-order valence-electron chi connectivity index (χ3n) is 3.01. The standard InChI is InChI=1S/C15H19ClN4O3S/c1-3-12(21)18-15(24)20-19-14(23)8-7-13(22)17-11-6-4-5-10(16)9(11)2/h4-6H,3,7-8H2,1-2H3,(H,17,22)(H,19,23)(H2,18,20,21,24). The fourth-order valence-corrected chi connectivity index (χ4v) is 1.96. The topological polar surface area (TPSA) is 99.3 Å². The molecule has 0 atom stereocenters. The van der Waals surface area contributed by atoms with Crippen molar-refractivity contribution in [2.45, 2.75) is 33.1 Å². The van der Waals surface area contributed by atoms with Crippen LogP contribution in [0.4, 0.5) is 5.69 Å². The van der Waals surface area contributed by atoms with Crippen LogP contribution in [0.5, 0.6) is 0 Å². The molecule has 24 heavy (non-hydrogen) atoms. The minimum atomic E-state index is -0.430. The second kappa shape index (κ2) is 9.84. The molecule has 0 aliphatic heterocycles. The quantitative estimate of drug-likeness (QED) is 0.468. The number of carbonyl (C=O) groups is 3. The molecule has 7 nitrogen and oxygen atoms in total. The first-order valence-electron chi connectivity index (χ1n) is 7.27. The van der Waals surface area contributed by atoms with E-state index in [4.69, 9.17) is 23.8 Å². The smallest absolute Gasteiger partial charge is 0.238 e. The van der Waals surface area contributed by atoms with E-state index in [1.165, 1.54) is 0 Å². The molecule has 9 heteroatoms. The number of thiocarbonyl (C=S) groups is 1. The Hall–Kier alpha value is -2.19. The lowest BCUT2D eigenvalue weighted by Crippen LogP contribution is -2.48. The third kappa shape index (κ3) is 6.93. The van der Waals surface area contributed by atoms with Crippen molar-refractivity contribution in [1.29, 1.82) is 0 Å². The number of rotatable bonds is 5. The third-order valence-corrected chi connectivity index (χ3v) is 3.62. The highest BCUT2D eigenvalue weighted by atomic mass is 35.5. The maximum absolute atomic E-state index is 11.9. The van der Waals surface area contributed by atoms with Gasteiger partial charge in [0.15, 0.2) is 5.11 Å². The molecule has 1 rings (SSSR count). The van der Waals surface area contributed by atoms with Crippen molar-refractivity contribution < 1.29 is 14.4 Å². The van der Waals surface area contributed by atoms with Crippen LogP contribution in [0, 0.1) is 6.92 Å². The van der Waals surface area contributed by atoms with Crippen LogP contribution in [0.1, 0.15) is 31.7 Å². The number of benzene rings is 1. The van der Waals surface area contributed by atoms with Gasteiger partial charge in [-0.25, -0.2) is 0 Å². The summed E-state index contributed by atoms with van der Waals surface area (Å²) in [6, 6.07) is 5.19. The molecule has 3 amide bonds. The molecule has 0 fully saturated rings. The predicted molar refractivity (Wildman–Crippen MR) is 96.4 cm³/mol. The van der Waals surface area contributed by atoms with Crippen molar-refractivity contribution >= 4 is 52.3 Å². The summed E-state index contributed by atoms with van der Waals surface area (Å²) in [4.78, 5) is 34.6. The van der Waals surface area contributed by atoms with Gasteiger partial charge in [0.1, 0.15) is 0 Å². The number of amides is 3. The number of hydrazine groups is 1. The van der Waals surface area contributed by atoms with Crippen molar-refractivity contribution in [3.05, 3.63) is 28.8 Å². The normalized spacial score (nSPS) is 9.79. The van der Waals surface area contributed by atoms with Crippen molar-refractivity contribution in [3.63, 3.8) is 0 Å². The average Bonchev–Trinajstić information content (AvgIpc) is 2.55. The summed E-state index contributed by atoms with van der Waals surface area (Å²) in [6.45, 7) is 3.47. The summed E-state index contributed by atoms with van der Waals surface area (Å²) >= 11 is 10.8. The van der Waals surface area contributed by atoms with Crippen LogP contribution in [-0.2, 0) is 14.4 Å². The zero-order chi connectivity index (χ0) is 18.1. The van der Waals surface area contributed by atoms with E-state index in [2.05, 4.69) is 21.5 Å². The molecule has 130 valence electrons. The van der Waals surface area contributed by atoms with Crippen LogP contribution < -0.4 is 21.5 Å². The first-order chi connectivity index (χ1) is 11.3. The molecule has 4 N–H and O–H groups in total. The van der Waals surface area contributed by atoms with Gasteiger partial charge in [-0.05, 0) is 36.8 Å².